The monoisotopic (exact) mass is 623 g/mol. The lowest BCUT2D eigenvalue weighted by atomic mass is 9.94. The summed E-state index contributed by atoms with van der Waals surface area (Å²) >= 11 is 12.4. The molecule has 1 aliphatic heterocycles. The molecule has 2 N–H and O–H groups in total. The third-order valence-electron chi connectivity index (χ3n) is 6.76. The van der Waals surface area contributed by atoms with Crippen LogP contribution in [-0.4, -0.2) is 60.7 Å². The molecule has 0 spiro atoms. The van der Waals surface area contributed by atoms with Gasteiger partial charge in [0.25, 0.3) is 5.91 Å². The Morgan fingerprint density at radius 3 is 2.02 bits per heavy atom. The van der Waals surface area contributed by atoms with Gasteiger partial charge in [0.05, 0.1) is 39.8 Å². The number of benzene rings is 3. The first-order valence-electron chi connectivity index (χ1n) is 12.9. The van der Waals surface area contributed by atoms with E-state index in [4.69, 9.17) is 42.1 Å². The summed E-state index contributed by atoms with van der Waals surface area (Å²) in [6.07, 6.45) is 0. The number of methoxy groups -OCH3 is 4. The first-order valence-corrected chi connectivity index (χ1v) is 13.7. The average molecular weight is 624 g/mol. The quantitative estimate of drug-likeness (QED) is 0.179. The number of nitrogens with one attached hydrogen (secondary N) is 2. The largest absolute Gasteiger partial charge is 0.496 e. The number of β-lactam (4-membered cyclic amide) rings is 1. The van der Waals surface area contributed by atoms with Crippen LogP contribution in [0.4, 0.5) is 10.7 Å². The molecule has 3 aromatic carbocycles. The number of urea groups is 1. The van der Waals surface area contributed by atoms with Gasteiger partial charge in [0.15, 0.2) is 11.5 Å². The van der Waals surface area contributed by atoms with Gasteiger partial charge in [-0.2, -0.15) is 0 Å². The number of rotatable bonds is 9. The second-order valence-corrected chi connectivity index (χ2v) is 10.2. The van der Waals surface area contributed by atoms with E-state index in [-0.39, 0.29) is 5.95 Å². The summed E-state index contributed by atoms with van der Waals surface area (Å²) in [5.41, 5.74) is 5.49. The molecule has 2 unspecified atom stereocenters. The van der Waals surface area contributed by atoms with Crippen molar-refractivity contribution in [1.82, 2.24) is 20.4 Å². The minimum Gasteiger partial charge on any atom is -0.496 e. The highest BCUT2D eigenvalue weighted by atomic mass is 35.5. The van der Waals surface area contributed by atoms with E-state index in [1.54, 1.807) is 66.7 Å². The van der Waals surface area contributed by atoms with Crippen molar-refractivity contribution in [3.05, 3.63) is 77.3 Å². The number of hydrogen-bond donors (Lipinski definition) is 2. The fraction of sp³-hybridized carbons (Fsp3) is 0.200. The third-order valence-corrected chi connectivity index (χ3v) is 7.44. The molecule has 1 fully saturated rings. The molecule has 43 heavy (non-hydrogen) atoms. The van der Waals surface area contributed by atoms with E-state index in [2.05, 4.69) is 20.7 Å². The lowest BCUT2D eigenvalue weighted by molar-refractivity contribution is -0.149. The van der Waals surface area contributed by atoms with Crippen LogP contribution in [0.2, 0.25) is 5.02 Å². The zero-order chi connectivity index (χ0) is 30.7. The van der Waals surface area contributed by atoms with E-state index >= 15 is 0 Å². The number of amides is 3. The zero-order valence-electron chi connectivity index (χ0n) is 23.6. The summed E-state index contributed by atoms with van der Waals surface area (Å²) in [5, 5.41) is 3.46. The standard InChI is InChI=1S/C30H27Cl2N5O6/c1-40-22-8-6-5-7-19(22)26-25(32)28(38)37(26)36-30(39)35-29-33-20(16-9-11-18(31)12-10-16)15-21(34-29)17-13-23(41-2)27(43-4)24(14-17)42-3/h5-15,25-26H,1-4H3,(H2,33,34,35,36,39). The van der Waals surface area contributed by atoms with Crippen molar-refractivity contribution < 1.29 is 28.5 Å². The molecule has 0 radical (unpaired) electrons. The predicted octanol–water partition coefficient (Wildman–Crippen LogP) is 5.73. The van der Waals surface area contributed by atoms with E-state index in [0.29, 0.717) is 50.5 Å². The lowest BCUT2D eigenvalue weighted by Crippen LogP contribution is -2.63. The normalized spacial score (nSPS) is 15.8. The van der Waals surface area contributed by atoms with Crippen molar-refractivity contribution in [2.24, 2.45) is 0 Å². The maximum Gasteiger partial charge on any atom is 0.340 e. The van der Waals surface area contributed by atoms with Crippen LogP contribution in [0, 0.1) is 0 Å². The molecule has 11 nitrogen and oxygen atoms in total. The van der Waals surface area contributed by atoms with E-state index in [0.717, 1.165) is 10.6 Å². The van der Waals surface area contributed by atoms with Gasteiger partial charge in [0.2, 0.25) is 11.7 Å². The number of nitrogens with zero attached hydrogens (tertiary/aromatic N) is 3. The molecule has 5 rings (SSSR count). The number of halogens is 2. The Kier molecular flexibility index (Phi) is 8.74. The highest BCUT2D eigenvalue weighted by Crippen LogP contribution is 2.42. The molecule has 0 aliphatic carbocycles. The van der Waals surface area contributed by atoms with E-state index in [1.165, 1.54) is 28.4 Å². The third kappa shape index (κ3) is 5.95. The van der Waals surface area contributed by atoms with Gasteiger partial charge in [-0.15, -0.1) is 11.6 Å². The lowest BCUT2D eigenvalue weighted by Gasteiger charge is -2.44. The van der Waals surface area contributed by atoms with Crippen LogP contribution < -0.4 is 29.7 Å². The zero-order valence-corrected chi connectivity index (χ0v) is 25.1. The molecule has 13 heteroatoms. The minimum atomic E-state index is -0.882. The molecule has 3 amide bonds. The number of alkyl halides is 1. The Labute approximate surface area is 257 Å². The van der Waals surface area contributed by atoms with Gasteiger partial charge in [-0.1, -0.05) is 41.9 Å². The first-order chi connectivity index (χ1) is 20.8. The molecule has 1 aliphatic rings. The number of carbonyl (C=O) groups is 2. The van der Waals surface area contributed by atoms with Crippen LogP contribution in [0.25, 0.3) is 22.5 Å². The molecule has 222 valence electrons. The Balaban J connectivity index is 1.48. The molecule has 2 heterocycles. The molecular formula is C30H27Cl2N5O6. The van der Waals surface area contributed by atoms with Gasteiger partial charge in [-0.3, -0.25) is 10.1 Å². The number of anilines is 1. The number of hydrogen-bond acceptors (Lipinski definition) is 8. The topological polar surface area (TPSA) is 124 Å². The first kappa shape index (κ1) is 29.7. The van der Waals surface area contributed by atoms with Gasteiger partial charge < -0.3 is 18.9 Å². The van der Waals surface area contributed by atoms with Crippen LogP contribution in [0.15, 0.2) is 66.7 Å². The maximum atomic E-state index is 13.2. The summed E-state index contributed by atoms with van der Waals surface area (Å²) in [6.45, 7) is 0. The summed E-state index contributed by atoms with van der Waals surface area (Å²) in [7, 11) is 6.05. The van der Waals surface area contributed by atoms with E-state index in [1.807, 2.05) is 0 Å². The fourth-order valence-electron chi connectivity index (χ4n) is 4.67. The van der Waals surface area contributed by atoms with Crippen molar-refractivity contribution in [3.8, 4) is 45.5 Å². The molecule has 0 saturated carbocycles. The maximum absolute atomic E-state index is 13.2. The average Bonchev–Trinajstić information content (AvgIpc) is 3.03. The highest BCUT2D eigenvalue weighted by molar-refractivity contribution is 6.33. The minimum absolute atomic E-state index is 0.0297. The molecule has 4 aromatic rings. The molecule has 2 atom stereocenters. The molecule has 1 aromatic heterocycles. The van der Waals surface area contributed by atoms with Crippen LogP contribution in [0.5, 0.6) is 23.0 Å². The molecule has 0 bridgehead atoms. The molecular weight excluding hydrogens is 597 g/mol. The SMILES string of the molecule is COc1ccccc1C1C(Cl)C(=O)N1NC(=O)Nc1nc(-c2ccc(Cl)cc2)cc(-c2cc(OC)c(OC)c(OC)c2)n1. The number of para-hydroxylation sites is 1. The van der Waals surface area contributed by atoms with Crippen molar-refractivity contribution in [1.29, 1.82) is 0 Å². The van der Waals surface area contributed by atoms with Gasteiger partial charge in [0, 0.05) is 21.7 Å². The van der Waals surface area contributed by atoms with Gasteiger partial charge in [0.1, 0.15) is 17.2 Å². The second-order valence-electron chi connectivity index (χ2n) is 9.25. The van der Waals surface area contributed by atoms with E-state index in [9.17, 15) is 9.59 Å². The van der Waals surface area contributed by atoms with Crippen LogP contribution in [0.3, 0.4) is 0 Å². The van der Waals surface area contributed by atoms with Crippen molar-refractivity contribution in [2.45, 2.75) is 11.4 Å². The summed E-state index contributed by atoms with van der Waals surface area (Å²) in [4.78, 5) is 34.9. The van der Waals surface area contributed by atoms with Gasteiger partial charge in [-0.05, 0) is 36.4 Å². The van der Waals surface area contributed by atoms with Gasteiger partial charge >= 0.3 is 6.03 Å². The Morgan fingerprint density at radius 2 is 1.42 bits per heavy atom. The van der Waals surface area contributed by atoms with E-state index < -0.39 is 23.4 Å². The van der Waals surface area contributed by atoms with Crippen molar-refractivity contribution in [3.63, 3.8) is 0 Å². The highest BCUT2D eigenvalue weighted by Gasteiger charge is 2.49. The number of carbonyl (C=O) groups excluding carboxylic acids is 2. The molecule has 1 saturated heterocycles. The van der Waals surface area contributed by atoms with Crippen molar-refractivity contribution in [2.75, 3.05) is 33.8 Å². The predicted molar refractivity (Wildman–Crippen MR) is 162 cm³/mol. The Hall–Kier alpha value is -4.74. The van der Waals surface area contributed by atoms with Crippen LogP contribution in [-0.2, 0) is 4.79 Å². The Morgan fingerprint density at radius 1 is 0.814 bits per heavy atom. The summed E-state index contributed by atoms with van der Waals surface area (Å²) in [6, 6.07) is 18.0. The van der Waals surface area contributed by atoms with Crippen LogP contribution >= 0.6 is 23.2 Å². The van der Waals surface area contributed by atoms with Gasteiger partial charge in [-0.25, -0.2) is 25.2 Å². The number of aromatic nitrogens is 2. The van der Waals surface area contributed by atoms with Crippen molar-refractivity contribution >= 4 is 41.1 Å². The fourth-order valence-corrected chi connectivity index (χ4v) is 5.15. The number of ether oxygens (including phenoxy) is 4. The Bertz CT molecular complexity index is 1640. The summed E-state index contributed by atoms with van der Waals surface area (Å²) in [5.74, 6) is 1.29. The smallest absolute Gasteiger partial charge is 0.340 e. The van der Waals surface area contributed by atoms with Crippen LogP contribution in [0.1, 0.15) is 11.6 Å². The summed E-state index contributed by atoms with van der Waals surface area (Å²) < 4.78 is 21.9. The second kappa shape index (κ2) is 12.6. The number of hydrazine groups is 1.